The summed E-state index contributed by atoms with van der Waals surface area (Å²) in [6, 6.07) is 5.00. The Morgan fingerprint density at radius 1 is 1.50 bits per heavy atom. The van der Waals surface area contributed by atoms with Gasteiger partial charge in [0.1, 0.15) is 6.17 Å². The van der Waals surface area contributed by atoms with Crippen LogP contribution in [0.1, 0.15) is 12.0 Å². The van der Waals surface area contributed by atoms with Gasteiger partial charge in [0, 0.05) is 42.1 Å². The third-order valence-electron chi connectivity index (χ3n) is 3.01. The number of phenolic OH excluding ortho intramolecular Hbond substituents is 1. The molecule has 0 saturated carbocycles. The molecule has 0 spiro atoms. The zero-order chi connectivity index (χ0) is 17.4. The molecule has 1 unspecified atom stereocenters. The van der Waals surface area contributed by atoms with E-state index < -0.39 is 28.8 Å². The van der Waals surface area contributed by atoms with E-state index in [0.29, 0.717) is 25.9 Å². The molecule has 130 valence electrons. The number of carbonyl (C=O) groups excluding carboxylic acids is 1. The van der Waals surface area contributed by atoms with Crippen molar-refractivity contribution in [3.05, 3.63) is 36.5 Å². The summed E-state index contributed by atoms with van der Waals surface area (Å²) in [5.74, 6) is -1.56. The van der Waals surface area contributed by atoms with Crippen molar-refractivity contribution in [3.63, 3.8) is 0 Å². The molecule has 0 radical (unpaired) electrons. The predicted molar refractivity (Wildman–Crippen MR) is 78.8 cm³/mol. The first-order valence-corrected chi connectivity index (χ1v) is 7.82. The van der Waals surface area contributed by atoms with Crippen molar-refractivity contribution in [2.24, 2.45) is 0 Å². The van der Waals surface area contributed by atoms with Crippen molar-refractivity contribution >= 4 is 16.8 Å². The van der Waals surface area contributed by atoms with Gasteiger partial charge in [-0.25, -0.2) is 8.78 Å². The number of halogens is 2. The van der Waals surface area contributed by atoms with Gasteiger partial charge in [-0.1, -0.05) is 0 Å². The van der Waals surface area contributed by atoms with Crippen molar-refractivity contribution in [1.82, 2.24) is 9.62 Å². The van der Waals surface area contributed by atoms with E-state index in [1.54, 1.807) is 0 Å². The fourth-order valence-electron chi connectivity index (χ4n) is 2.09. The van der Waals surface area contributed by atoms with Crippen molar-refractivity contribution in [1.29, 1.82) is 0 Å². The van der Waals surface area contributed by atoms with Crippen molar-refractivity contribution in [3.8, 4) is 5.75 Å². The minimum Gasteiger partial charge on any atom is -0.534 e. The second kappa shape index (κ2) is 11.3. The maximum Gasteiger partial charge on any atom is 1.00 e. The fraction of sp³-hybridized carbons (Fsp3) is 0.429. The molecule has 1 aliphatic heterocycles. The number of nitrogens with one attached hydrogen (secondary N) is 1. The van der Waals surface area contributed by atoms with Crippen molar-refractivity contribution < 1.29 is 46.0 Å². The molecule has 6 nitrogen and oxygen atoms in total. The summed E-state index contributed by atoms with van der Waals surface area (Å²) in [5.41, 5.74) is 0.719. The van der Waals surface area contributed by atoms with E-state index in [1.165, 1.54) is 16.9 Å². The molecule has 0 bridgehead atoms. The molecule has 1 aromatic carbocycles. The second-order valence-electron chi connectivity index (χ2n) is 4.92. The third-order valence-corrected chi connectivity index (χ3v) is 3.40. The number of likely N-dealkylation sites (tertiary alicyclic amines) is 1. The van der Waals surface area contributed by atoms with Gasteiger partial charge in [-0.15, -0.1) is 18.2 Å². The molecule has 2 N–H and O–H groups in total. The number of benzene rings is 1. The van der Waals surface area contributed by atoms with Crippen LogP contribution in [0.15, 0.2) is 12.1 Å². The van der Waals surface area contributed by atoms with E-state index in [4.69, 9.17) is 5.11 Å². The number of amides is 1. The molecule has 0 aromatic heterocycles. The van der Waals surface area contributed by atoms with Crippen LogP contribution in [0, 0.1) is 18.8 Å². The Bertz CT molecular complexity index is 588. The number of phenols is 1. The summed E-state index contributed by atoms with van der Waals surface area (Å²) >= 11 is 0. The number of carbonyl (C=O) groups is 1. The Labute approximate surface area is 153 Å². The molecule has 2 rings (SSSR count). The van der Waals surface area contributed by atoms with E-state index in [1.807, 2.05) is 4.90 Å². The normalized spacial score (nSPS) is 16.9. The van der Waals surface area contributed by atoms with Gasteiger partial charge in [0.05, 0.1) is 5.91 Å². The van der Waals surface area contributed by atoms with Crippen LogP contribution in [0.5, 0.6) is 5.75 Å². The first kappa shape index (κ1) is 22.7. The maximum absolute atomic E-state index is 12.9. The molecule has 24 heavy (non-hydrogen) atoms. The van der Waals surface area contributed by atoms with Crippen molar-refractivity contribution in [2.45, 2.75) is 19.0 Å². The monoisotopic (exact) mass is 354 g/mol. The standard InChI is InChI=1S/C12H14F2NO.C2H3NO3S.Li/c13-10-2-4-15(8-10)3-1-9-5-11(14)7-12(16)6-9;1-2(4)3-7(5)6;/h5-6,10,16H,1-4,8H2;1H2,(H,3,4,5,6);/q-1;-2;+1. The van der Waals surface area contributed by atoms with E-state index in [9.17, 15) is 22.0 Å². The van der Waals surface area contributed by atoms with Gasteiger partial charge in [-0.05, 0) is 12.8 Å². The van der Waals surface area contributed by atoms with Gasteiger partial charge in [0.25, 0.3) is 0 Å². The zero-order valence-electron chi connectivity index (χ0n) is 13.3. The Morgan fingerprint density at radius 2 is 2.17 bits per heavy atom. The van der Waals surface area contributed by atoms with Crippen LogP contribution in [0.2, 0.25) is 0 Å². The number of aromatic hydroxyl groups is 1. The minimum atomic E-state index is -2.51. The van der Waals surface area contributed by atoms with Gasteiger partial charge in [-0.3, -0.25) is 0 Å². The SMILES string of the molecule is Oc1[c-]c(F)cc(CCN2CCC(F)C2)c1.[CH2-]C(=O)N[S-](=O)=O.[Li+]. The van der Waals surface area contributed by atoms with Crippen LogP contribution < -0.4 is 23.6 Å². The Kier molecular flexibility index (Phi) is 10.7. The molecule has 1 amide bonds. The number of nitrogens with zero attached hydrogens (tertiary/aromatic N) is 1. The fourth-order valence-corrected chi connectivity index (χ4v) is 2.27. The summed E-state index contributed by atoms with van der Waals surface area (Å²) in [7, 11) is -2.51. The summed E-state index contributed by atoms with van der Waals surface area (Å²) in [5, 5.41) is 9.16. The average molecular weight is 354 g/mol. The van der Waals surface area contributed by atoms with Crippen LogP contribution in [-0.2, 0) is 30.5 Å². The van der Waals surface area contributed by atoms with E-state index in [0.717, 1.165) is 12.1 Å². The van der Waals surface area contributed by atoms with Crippen LogP contribution in [0.25, 0.3) is 0 Å². The Morgan fingerprint density at radius 3 is 2.58 bits per heavy atom. The van der Waals surface area contributed by atoms with Crippen LogP contribution in [0.4, 0.5) is 8.78 Å². The summed E-state index contributed by atoms with van der Waals surface area (Å²) in [6.07, 6.45) is 0.475. The molecule has 1 aliphatic rings. The molecule has 1 saturated heterocycles. The quantitative estimate of drug-likeness (QED) is 0.374. The van der Waals surface area contributed by atoms with Gasteiger partial charge >= 0.3 is 18.9 Å². The van der Waals surface area contributed by atoms with E-state index in [-0.39, 0.29) is 24.6 Å². The van der Waals surface area contributed by atoms with Crippen LogP contribution in [0.3, 0.4) is 0 Å². The summed E-state index contributed by atoms with van der Waals surface area (Å²) in [4.78, 5) is 11.6. The Hall–Kier alpha value is -1.27. The summed E-state index contributed by atoms with van der Waals surface area (Å²) < 4.78 is 46.1. The molecule has 1 aromatic rings. The maximum atomic E-state index is 12.9. The molecule has 1 atom stereocenters. The van der Waals surface area contributed by atoms with E-state index >= 15 is 0 Å². The first-order valence-electron chi connectivity index (χ1n) is 6.75. The number of hydrogen-bond donors (Lipinski definition) is 2. The second-order valence-corrected chi connectivity index (χ2v) is 5.59. The van der Waals surface area contributed by atoms with Crippen molar-refractivity contribution in [2.75, 3.05) is 19.6 Å². The van der Waals surface area contributed by atoms with Crippen LogP contribution in [-0.4, -0.2) is 41.7 Å². The molecule has 1 heterocycles. The van der Waals surface area contributed by atoms with Crippen LogP contribution >= 0.6 is 0 Å². The van der Waals surface area contributed by atoms with E-state index in [2.05, 4.69) is 13.0 Å². The number of rotatable bonds is 4. The average Bonchev–Trinajstić information content (AvgIpc) is 2.80. The molecular formula is C14H17F2LiN2O4S-2. The minimum absolute atomic E-state index is 0. The molecular weight excluding hydrogens is 337 g/mol. The van der Waals surface area contributed by atoms with Gasteiger partial charge in [-0.2, -0.15) is 5.56 Å². The topological polar surface area (TPSA) is 86.7 Å². The third kappa shape index (κ3) is 9.77. The molecule has 0 aliphatic carbocycles. The number of alkyl halides is 1. The largest absolute Gasteiger partial charge is 1.00 e. The number of hydrogen-bond acceptors (Lipinski definition) is 6. The van der Waals surface area contributed by atoms with Gasteiger partial charge in [0.15, 0.2) is 0 Å². The Balaban J connectivity index is 0.000000570. The predicted octanol–water partition coefficient (Wildman–Crippen LogP) is -1.92. The summed E-state index contributed by atoms with van der Waals surface area (Å²) in [6.45, 7) is 4.66. The molecule has 10 heteroatoms. The zero-order valence-corrected chi connectivity index (χ0v) is 14.1. The van der Waals surface area contributed by atoms with Gasteiger partial charge in [0.2, 0.25) is 0 Å². The first-order chi connectivity index (χ1) is 10.8. The van der Waals surface area contributed by atoms with Gasteiger partial charge < -0.3 is 34.9 Å². The smallest absolute Gasteiger partial charge is 0.534 e. The molecule has 1 fully saturated rings.